The van der Waals surface area contributed by atoms with Crippen molar-refractivity contribution >= 4 is 11.6 Å². The lowest BCUT2D eigenvalue weighted by Gasteiger charge is -2.28. The maximum Gasteiger partial charge on any atom is 0.159 e. The van der Waals surface area contributed by atoms with Crippen LogP contribution < -0.4 is 0 Å². The van der Waals surface area contributed by atoms with Gasteiger partial charge in [0.1, 0.15) is 0 Å². The van der Waals surface area contributed by atoms with E-state index in [2.05, 4.69) is 9.88 Å². The standard InChI is InChI=1S/C20H18ClN3O2/c21-16-4-2-14(3-5-16)20-22-10-15-12-24(8-7-17(15)23-20)11-13-1-6-18(25)19(26)9-13/h1-6,9-10,25-26H,7-8,11-12H2. The summed E-state index contributed by atoms with van der Waals surface area (Å²) in [5.74, 6) is 0.536. The molecule has 1 aliphatic heterocycles. The van der Waals surface area contributed by atoms with Crippen LogP contribution >= 0.6 is 11.6 Å². The fourth-order valence-corrected chi connectivity index (χ4v) is 3.30. The number of hydrogen-bond donors (Lipinski definition) is 2. The van der Waals surface area contributed by atoms with Crippen LogP contribution in [-0.2, 0) is 19.5 Å². The van der Waals surface area contributed by atoms with Crippen LogP contribution in [0.25, 0.3) is 11.4 Å². The first-order chi connectivity index (χ1) is 12.6. The molecule has 0 fully saturated rings. The molecule has 1 aromatic heterocycles. The molecule has 0 saturated carbocycles. The molecule has 1 aliphatic rings. The lowest BCUT2D eigenvalue weighted by atomic mass is 10.1. The highest BCUT2D eigenvalue weighted by Crippen LogP contribution is 2.27. The maximum absolute atomic E-state index is 9.65. The van der Waals surface area contributed by atoms with Crippen molar-refractivity contribution in [3.8, 4) is 22.9 Å². The highest BCUT2D eigenvalue weighted by molar-refractivity contribution is 6.30. The first-order valence-corrected chi connectivity index (χ1v) is 8.80. The number of phenolic OH excluding ortho intramolecular Hbond substituents is 2. The molecule has 0 bridgehead atoms. The molecule has 0 aliphatic carbocycles. The van der Waals surface area contributed by atoms with Gasteiger partial charge in [0, 0.05) is 48.4 Å². The average molecular weight is 368 g/mol. The fourth-order valence-electron chi connectivity index (χ4n) is 3.17. The van der Waals surface area contributed by atoms with Crippen LogP contribution in [0.2, 0.25) is 5.02 Å². The minimum absolute atomic E-state index is 0.0872. The van der Waals surface area contributed by atoms with E-state index in [0.717, 1.165) is 47.7 Å². The van der Waals surface area contributed by atoms with Crippen molar-refractivity contribution < 1.29 is 10.2 Å². The van der Waals surface area contributed by atoms with E-state index in [-0.39, 0.29) is 11.5 Å². The largest absolute Gasteiger partial charge is 0.504 e. The summed E-state index contributed by atoms with van der Waals surface area (Å²) < 4.78 is 0. The first kappa shape index (κ1) is 16.8. The van der Waals surface area contributed by atoms with Gasteiger partial charge in [-0.15, -0.1) is 0 Å². The van der Waals surface area contributed by atoms with Crippen molar-refractivity contribution in [1.82, 2.24) is 14.9 Å². The molecule has 2 aromatic carbocycles. The van der Waals surface area contributed by atoms with Gasteiger partial charge in [-0.1, -0.05) is 17.7 Å². The number of benzene rings is 2. The van der Waals surface area contributed by atoms with Crippen LogP contribution in [0.4, 0.5) is 0 Å². The van der Waals surface area contributed by atoms with E-state index in [0.29, 0.717) is 11.6 Å². The van der Waals surface area contributed by atoms with E-state index in [4.69, 9.17) is 16.6 Å². The molecule has 6 heteroatoms. The Morgan fingerprint density at radius 1 is 1.04 bits per heavy atom. The summed E-state index contributed by atoms with van der Waals surface area (Å²) in [5.41, 5.74) is 4.12. The number of hydrogen-bond acceptors (Lipinski definition) is 5. The SMILES string of the molecule is Oc1ccc(CN2CCc3nc(-c4ccc(Cl)cc4)ncc3C2)cc1O. The molecule has 5 nitrogen and oxygen atoms in total. The van der Waals surface area contributed by atoms with Gasteiger partial charge in [0.15, 0.2) is 17.3 Å². The molecule has 2 N–H and O–H groups in total. The Labute approximate surface area is 156 Å². The third-order valence-corrected chi connectivity index (χ3v) is 4.81. The lowest BCUT2D eigenvalue weighted by Crippen LogP contribution is -2.30. The van der Waals surface area contributed by atoms with Crippen LogP contribution in [0.15, 0.2) is 48.7 Å². The summed E-state index contributed by atoms with van der Waals surface area (Å²) in [5, 5.41) is 19.8. The summed E-state index contributed by atoms with van der Waals surface area (Å²) in [7, 11) is 0. The highest BCUT2D eigenvalue weighted by atomic mass is 35.5. The van der Waals surface area contributed by atoms with Gasteiger partial charge < -0.3 is 10.2 Å². The van der Waals surface area contributed by atoms with Crippen molar-refractivity contribution in [3.05, 3.63) is 70.5 Å². The lowest BCUT2D eigenvalue weighted by molar-refractivity contribution is 0.242. The van der Waals surface area contributed by atoms with Gasteiger partial charge in [-0.3, -0.25) is 4.90 Å². The number of fused-ring (bicyclic) bond motifs is 1. The van der Waals surface area contributed by atoms with Crippen molar-refractivity contribution in [1.29, 1.82) is 0 Å². The Hall–Kier alpha value is -2.63. The maximum atomic E-state index is 9.65. The zero-order chi connectivity index (χ0) is 18.1. The molecule has 0 unspecified atom stereocenters. The molecular formula is C20H18ClN3O2. The van der Waals surface area contributed by atoms with Crippen LogP contribution in [-0.4, -0.2) is 31.6 Å². The monoisotopic (exact) mass is 367 g/mol. The van der Waals surface area contributed by atoms with E-state index in [1.54, 1.807) is 6.07 Å². The number of aromatic hydroxyl groups is 2. The third-order valence-electron chi connectivity index (χ3n) is 4.56. The number of aromatic nitrogens is 2. The van der Waals surface area contributed by atoms with Gasteiger partial charge >= 0.3 is 0 Å². The van der Waals surface area contributed by atoms with Gasteiger partial charge in [-0.25, -0.2) is 9.97 Å². The van der Waals surface area contributed by atoms with Crippen LogP contribution in [0, 0.1) is 0 Å². The zero-order valence-electron chi connectivity index (χ0n) is 14.1. The summed E-state index contributed by atoms with van der Waals surface area (Å²) in [6.45, 7) is 2.34. The first-order valence-electron chi connectivity index (χ1n) is 8.42. The number of halogens is 1. The predicted octanol–water partition coefficient (Wildman–Crippen LogP) is 3.77. The smallest absolute Gasteiger partial charge is 0.159 e. The Balaban J connectivity index is 1.50. The fraction of sp³-hybridized carbons (Fsp3) is 0.200. The van der Waals surface area contributed by atoms with E-state index < -0.39 is 0 Å². The van der Waals surface area contributed by atoms with E-state index >= 15 is 0 Å². The summed E-state index contributed by atoms with van der Waals surface area (Å²) in [4.78, 5) is 11.5. The van der Waals surface area contributed by atoms with Crippen molar-refractivity contribution in [2.24, 2.45) is 0 Å². The number of rotatable bonds is 3. The molecule has 132 valence electrons. The van der Waals surface area contributed by atoms with Crippen molar-refractivity contribution in [2.45, 2.75) is 19.5 Å². The molecule has 0 radical (unpaired) electrons. The van der Waals surface area contributed by atoms with E-state index in [9.17, 15) is 10.2 Å². The zero-order valence-corrected chi connectivity index (χ0v) is 14.8. The van der Waals surface area contributed by atoms with Crippen molar-refractivity contribution in [2.75, 3.05) is 6.54 Å². The molecule has 0 amide bonds. The second-order valence-corrected chi connectivity index (χ2v) is 6.89. The predicted molar refractivity (Wildman–Crippen MR) is 100 cm³/mol. The molecule has 0 atom stereocenters. The van der Waals surface area contributed by atoms with Gasteiger partial charge in [0.25, 0.3) is 0 Å². The van der Waals surface area contributed by atoms with Crippen LogP contribution in [0.5, 0.6) is 11.5 Å². The molecule has 2 heterocycles. The van der Waals surface area contributed by atoms with Crippen LogP contribution in [0.1, 0.15) is 16.8 Å². The summed E-state index contributed by atoms with van der Waals surface area (Å²) in [6.07, 6.45) is 2.75. The van der Waals surface area contributed by atoms with E-state index in [1.165, 1.54) is 6.07 Å². The normalized spacial score (nSPS) is 14.2. The minimum atomic E-state index is -0.0964. The Morgan fingerprint density at radius 2 is 1.85 bits per heavy atom. The Morgan fingerprint density at radius 3 is 2.62 bits per heavy atom. The van der Waals surface area contributed by atoms with Gasteiger partial charge in [-0.2, -0.15) is 0 Å². The third kappa shape index (κ3) is 3.49. The van der Waals surface area contributed by atoms with Crippen LogP contribution in [0.3, 0.4) is 0 Å². The number of nitrogens with zero attached hydrogens (tertiary/aromatic N) is 3. The average Bonchev–Trinajstić information content (AvgIpc) is 2.65. The molecule has 3 aromatic rings. The minimum Gasteiger partial charge on any atom is -0.504 e. The topological polar surface area (TPSA) is 69.5 Å². The second-order valence-electron chi connectivity index (χ2n) is 6.46. The van der Waals surface area contributed by atoms with Gasteiger partial charge in [-0.05, 0) is 42.0 Å². The summed E-state index contributed by atoms with van der Waals surface area (Å²) >= 11 is 5.94. The quantitative estimate of drug-likeness (QED) is 0.690. The molecule has 4 rings (SSSR count). The van der Waals surface area contributed by atoms with E-state index in [1.807, 2.05) is 36.5 Å². The molecule has 26 heavy (non-hydrogen) atoms. The summed E-state index contributed by atoms with van der Waals surface area (Å²) in [6, 6.07) is 12.5. The highest BCUT2D eigenvalue weighted by Gasteiger charge is 2.19. The Bertz CT molecular complexity index is 944. The number of phenols is 2. The molecular weight excluding hydrogens is 350 g/mol. The second kappa shape index (κ2) is 6.94. The van der Waals surface area contributed by atoms with Gasteiger partial charge in [0.05, 0.1) is 5.69 Å². The van der Waals surface area contributed by atoms with Crippen molar-refractivity contribution in [3.63, 3.8) is 0 Å². The Kier molecular flexibility index (Phi) is 4.49. The molecule has 0 saturated heterocycles. The molecule has 0 spiro atoms. The van der Waals surface area contributed by atoms with Gasteiger partial charge in [0.2, 0.25) is 0 Å².